The number of nitrogens with zero attached hydrogens (tertiary/aromatic N) is 6. The quantitative estimate of drug-likeness (QED) is 0.477. The fourth-order valence-electron chi connectivity index (χ4n) is 4.17. The summed E-state index contributed by atoms with van der Waals surface area (Å²) in [6.07, 6.45) is 0. The van der Waals surface area contributed by atoms with E-state index in [0.29, 0.717) is 30.4 Å². The minimum absolute atomic E-state index is 0.296. The van der Waals surface area contributed by atoms with Crippen LogP contribution in [0.5, 0.6) is 11.5 Å². The van der Waals surface area contributed by atoms with Crippen LogP contribution in [-0.2, 0) is 13.1 Å². The second kappa shape index (κ2) is 8.55. The Morgan fingerprint density at radius 1 is 0.818 bits per heavy atom. The molecule has 10 heteroatoms. The maximum absolute atomic E-state index is 5.51. The van der Waals surface area contributed by atoms with Gasteiger partial charge in [-0.25, -0.2) is 14.6 Å². The third kappa shape index (κ3) is 4.12. The molecular weight excluding hydrogens is 422 g/mol. The highest BCUT2D eigenvalue weighted by Gasteiger charge is 2.24. The van der Waals surface area contributed by atoms with Crippen molar-refractivity contribution >= 4 is 22.9 Å². The smallest absolute Gasteiger partial charge is 0.245 e. The van der Waals surface area contributed by atoms with Gasteiger partial charge in [0, 0.05) is 39.3 Å². The van der Waals surface area contributed by atoms with E-state index in [-0.39, 0.29) is 0 Å². The number of hydrogen-bond donors (Lipinski definition) is 1. The lowest BCUT2D eigenvalue weighted by Crippen LogP contribution is -2.46. The van der Waals surface area contributed by atoms with E-state index in [9.17, 15) is 0 Å². The molecule has 1 N–H and O–H groups in total. The molecule has 4 heterocycles. The molecule has 0 unspecified atom stereocenters. The van der Waals surface area contributed by atoms with E-state index in [1.165, 1.54) is 5.56 Å². The zero-order valence-corrected chi connectivity index (χ0v) is 18.0. The van der Waals surface area contributed by atoms with Gasteiger partial charge in [-0.3, -0.25) is 4.90 Å². The number of fused-ring (bicyclic) bond motifs is 2. The summed E-state index contributed by atoms with van der Waals surface area (Å²) in [5, 5.41) is 11.2. The number of aromatic nitrogens is 4. The Hall–Kier alpha value is -3.92. The molecule has 33 heavy (non-hydrogen) atoms. The van der Waals surface area contributed by atoms with Gasteiger partial charge in [0.05, 0.1) is 0 Å². The fraction of sp³-hybridized carbons (Fsp3) is 0.304. The third-order valence-electron chi connectivity index (χ3n) is 5.91. The average molecular weight is 445 g/mol. The minimum Gasteiger partial charge on any atom is -0.454 e. The Morgan fingerprint density at radius 3 is 2.45 bits per heavy atom. The summed E-state index contributed by atoms with van der Waals surface area (Å²) in [7, 11) is 0. The number of nitrogens with one attached hydrogen (secondary N) is 1. The Balaban J connectivity index is 1.16. The van der Waals surface area contributed by atoms with Gasteiger partial charge in [-0.1, -0.05) is 36.4 Å². The Labute approximate surface area is 190 Å². The van der Waals surface area contributed by atoms with Gasteiger partial charge in [0.2, 0.25) is 18.1 Å². The number of rotatable bonds is 6. The zero-order chi connectivity index (χ0) is 22.0. The monoisotopic (exact) mass is 445 g/mol. The fourth-order valence-corrected chi connectivity index (χ4v) is 4.17. The SMILES string of the molecule is c1ccc(CNc2nc3nonc3nc2N2CCN(Cc3ccc4c(c3)OCO4)CC2)cc1. The van der Waals surface area contributed by atoms with Crippen LogP contribution in [0.3, 0.4) is 0 Å². The molecule has 0 radical (unpaired) electrons. The van der Waals surface area contributed by atoms with Gasteiger partial charge >= 0.3 is 0 Å². The van der Waals surface area contributed by atoms with Crippen molar-refractivity contribution in [2.24, 2.45) is 0 Å². The first-order valence-corrected chi connectivity index (χ1v) is 11.0. The molecule has 0 aliphatic carbocycles. The zero-order valence-electron chi connectivity index (χ0n) is 18.0. The van der Waals surface area contributed by atoms with Crippen molar-refractivity contribution < 1.29 is 14.1 Å². The molecular formula is C23H23N7O3. The van der Waals surface area contributed by atoms with E-state index in [0.717, 1.165) is 55.6 Å². The van der Waals surface area contributed by atoms with Gasteiger partial charge in [0.25, 0.3) is 0 Å². The summed E-state index contributed by atoms with van der Waals surface area (Å²) in [4.78, 5) is 14.0. The van der Waals surface area contributed by atoms with Crippen LogP contribution in [0.2, 0.25) is 0 Å². The number of anilines is 2. The van der Waals surface area contributed by atoms with E-state index >= 15 is 0 Å². The number of piperazine rings is 1. The Kier molecular flexibility index (Phi) is 5.11. The Bertz CT molecular complexity index is 1260. The van der Waals surface area contributed by atoms with Crippen LogP contribution in [0.15, 0.2) is 53.2 Å². The maximum atomic E-state index is 5.51. The highest BCUT2D eigenvalue weighted by atomic mass is 16.7. The largest absolute Gasteiger partial charge is 0.454 e. The van der Waals surface area contributed by atoms with Crippen molar-refractivity contribution in [2.75, 3.05) is 43.2 Å². The van der Waals surface area contributed by atoms with E-state index in [1.807, 2.05) is 24.3 Å². The standard InChI is InChI=1S/C23H23N7O3/c1-2-4-16(5-3-1)13-24-22-23(26-21-20(25-22)27-33-28-21)30-10-8-29(9-11-30)14-17-6-7-18-19(12-17)32-15-31-18/h1-7,12H,8-11,13-15H2,(H,24,25,27). The van der Waals surface area contributed by atoms with Crippen LogP contribution in [0, 0.1) is 0 Å². The van der Waals surface area contributed by atoms with Crippen LogP contribution in [0.1, 0.15) is 11.1 Å². The van der Waals surface area contributed by atoms with E-state index < -0.39 is 0 Å². The summed E-state index contributed by atoms with van der Waals surface area (Å²) in [6, 6.07) is 16.3. The molecule has 6 rings (SSSR count). The molecule has 2 aliphatic heterocycles. The summed E-state index contributed by atoms with van der Waals surface area (Å²) in [5.74, 6) is 3.10. The highest BCUT2D eigenvalue weighted by molar-refractivity contribution is 5.74. The first-order chi connectivity index (χ1) is 16.3. The van der Waals surface area contributed by atoms with Crippen LogP contribution in [-0.4, -0.2) is 58.2 Å². The lowest BCUT2D eigenvalue weighted by Gasteiger charge is -2.35. The number of ether oxygens (including phenoxy) is 2. The lowest BCUT2D eigenvalue weighted by atomic mass is 10.1. The lowest BCUT2D eigenvalue weighted by molar-refractivity contribution is 0.174. The molecule has 0 amide bonds. The van der Waals surface area contributed by atoms with E-state index in [2.05, 4.69) is 54.7 Å². The van der Waals surface area contributed by atoms with Crippen LogP contribution in [0.4, 0.5) is 11.6 Å². The Morgan fingerprint density at radius 2 is 1.61 bits per heavy atom. The molecule has 4 aromatic rings. The summed E-state index contributed by atoms with van der Waals surface area (Å²) in [6.45, 7) is 5.27. The molecule has 1 fully saturated rings. The number of hydrogen-bond acceptors (Lipinski definition) is 10. The molecule has 168 valence electrons. The van der Waals surface area contributed by atoms with Gasteiger partial charge in [0.15, 0.2) is 23.1 Å². The number of benzene rings is 2. The normalized spacial score (nSPS) is 15.8. The molecule has 0 saturated carbocycles. The molecule has 2 aliphatic rings. The van der Waals surface area contributed by atoms with Crippen LogP contribution >= 0.6 is 0 Å². The average Bonchev–Trinajstić information content (AvgIpc) is 3.52. The van der Waals surface area contributed by atoms with Gasteiger partial charge < -0.3 is 19.7 Å². The van der Waals surface area contributed by atoms with Crippen molar-refractivity contribution in [3.05, 3.63) is 59.7 Å². The molecule has 1 saturated heterocycles. The maximum Gasteiger partial charge on any atom is 0.245 e. The summed E-state index contributed by atoms with van der Waals surface area (Å²) < 4.78 is 15.8. The minimum atomic E-state index is 0.296. The molecule has 2 aromatic carbocycles. The van der Waals surface area contributed by atoms with Crippen molar-refractivity contribution in [1.29, 1.82) is 0 Å². The first-order valence-electron chi connectivity index (χ1n) is 11.0. The van der Waals surface area contributed by atoms with Crippen molar-refractivity contribution in [3.8, 4) is 11.5 Å². The van der Waals surface area contributed by atoms with Gasteiger partial charge in [-0.15, -0.1) is 0 Å². The topological polar surface area (TPSA) is 102 Å². The second-order valence-corrected chi connectivity index (χ2v) is 8.10. The molecule has 10 nitrogen and oxygen atoms in total. The van der Waals surface area contributed by atoms with Crippen molar-refractivity contribution in [2.45, 2.75) is 13.1 Å². The first kappa shape index (κ1) is 19.7. The molecule has 0 atom stereocenters. The second-order valence-electron chi connectivity index (χ2n) is 8.10. The summed E-state index contributed by atoms with van der Waals surface area (Å²) >= 11 is 0. The molecule has 0 spiro atoms. The predicted octanol–water partition coefficient (Wildman–Crippen LogP) is 2.68. The van der Waals surface area contributed by atoms with Crippen LogP contribution < -0.4 is 19.7 Å². The highest BCUT2D eigenvalue weighted by Crippen LogP contribution is 2.33. The van der Waals surface area contributed by atoms with E-state index in [1.54, 1.807) is 0 Å². The van der Waals surface area contributed by atoms with Crippen LogP contribution in [0.25, 0.3) is 11.3 Å². The third-order valence-corrected chi connectivity index (χ3v) is 5.91. The summed E-state index contributed by atoms with van der Waals surface area (Å²) in [5.41, 5.74) is 3.19. The van der Waals surface area contributed by atoms with Gasteiger partial charge in [0.1, 0.15) is 0 Å². The molecule has 2 aromatic heterocycles. The molecule has 0 bridgehead atoms. The van der Waals surface area contributed by atoms with Crippen molar-refractivity contribution in [1.82, 2.24) is 25.2 Å². The van der Waals surface area contributed by atoms with Gasteiger partial charge in [-0.05, 0) is 33.6 Å². The predicted molar refractivity (Wildman–Crippen MR) is 121 cm³/mol. The van der Waals surface area contributed by atoms with Crippen molar-refractivity contribution in [3.63, 3.8) is 0 Å². The van der Waals surface area contributed by atoms with Gasteiger partial charge in [-0.2, -0.15) is 0 Å². The van der Waals surface area contributed by atoms with E-state index in [4.69, 9.17) is 19.1 Å².